The second-order valence-corrected chi connectivity index (χ2v) is 4.09. The fourth-order valence-corrected chi connectivity index (χ4v) is 1.53. The molecule has 0 atom stereocenters. The molecule has 8 heteroatoms. The highest BCUT2D eigenvalue weighted by molar-refractivity contribution is 5.92. The van der Waals surface area contributed by atoms with Gasteiger partial charge in [0.05, 0.1) is 36.5 Å². The van der Waals surface area contributed by atoms with Crippen LogP contribution in [0.4, 0.5) is 10.5 Å². The van der Waals surface area contributed by atoms with Crippen LogP contribution in [0.25, 0.3) is 0 Å². The number of nitrogens with zero attached hydrogens (tertiary/aromatic N) is 3. The van der Waals surface area contributed by atoms with E-state index in [9.17, 15) is 9.59 Å². The number of nitriles is 1. The number of urea groups is 1. The third-order valence-electron chi connectivity index (χ3n) is 2.58. The van der Waals surface area contributed by atoms with E-state index in [2.05, 4.69) is 10.3 Å². The lowest BCUT2D eigenvalue weighted by Gasteiger charge is -2.21. The summed E-state index contributed by atoms with van der Waals surface area (Å²) in [5.74, 6) is -1.13. The van der Waals surface area contributed by atoms with E-state index in [0.717, 1.165) is 0 Å². The van der Waals surface area contributed by atoms with Crippen molar-refractivity contribution in [1.29, 1.82) is 5.26 Å². The van der Waals surface area contributed by atoms with Gasteiger partial charge in [-0.15, -0.1) is 0 Å². The van der Waals surface area contributed by atoms with Crippen LogP contribution in [0.1, 0.15) is 16.8 Å². The lowest BCUT2D eigenvalue weighted by atomic mass is 10.2. The first-order chi connectivity index (χ1) is 10.1. The van der Waals surface area contributed by atoms with Crippen LogP contribution in [0.2, 0.25) is 0 Å². The zero-order valence-corrected chi connectivity index (χ0v) is 11.6. The molecule has 0 fully saturated rings. The molecule has 0 radical (unpaired) electrons. The van der Waals surface area contributed by atoms with Gasteiger partial charge in [0.2, 0.25) is 0 Å². The molecule has 112 valence electrons. The summed E-state index contributed by atoms with van der Waals surface area (Å²) in [6.45, 7) is 0.931. The summed E-state index contributed by atoms with van der Waals surface area (Å²) >= 11 is 0. The van der Waals surface area contributed by atoms with Gasteiger partial charge >= 0.3 is 12.0 Å². The Kier molecular flexibility index (Phi) is 6.63. The van der Waals surface area contributed by atoms with Crippen molar-refractivity contribution in [2.75, 3.05) is 32.1 Å². The Bertz CT molecular complexity index is 541. The van der Waals surface area contributed by atoms with Crippen LogP contribution in [0, 0.1) is 11.3 Å². The minimum Gasteiger partial charge on any atom is -0.478 e. The van der Waals surface area contributed by atoms with Crippen molar-refractivity contribution in [1.82, 2.24) is 9.88 Å². The Morgan fingerprint density at radius 2 is 2.24 bits per heavy atom. The summed E-state index contributed by atoms with van der Waals surface area (Å²) in [5, 5.41) is 20.0. The maximum Gasteiger partial charge on any atom is 0.337 e. The molecular formula is C13H16N4O4. The van der Waals surface area contributed by atoms with E-state index in [1.54, 1.807) is 0 Å². The van der Waals surface area contributed by atoms with Gasteiger partial charge in [-0.1, -0.05) is 0 Å². The molecule has 21 heavy (non-hydrogen) atoms. The standard InChI is InChI=1S/C13H16N4O4/c1-21-6-5-17(4-2-3-14)13(20)16-11-7-10(12(18)19)8-15-9-11/h7-9H,2,4-6H2,1H3,(H,16,20)(H,18,19). The predicted octanol–water partition coefficient (Wildman–Crippen LogP) is 1.17. The first-order valence-electron chi connectivity index (χ1n) is 6.18. The lowest BCUT2D eigenvalue weighted by molar-refractivity contribution is 0.0696. The molecule has 1 rings (SSSR count). The average Bonchev–Trinajstić information content (AvgIpc) is 2.47. The Hall–Kier alpha value is -2.66. The summed E-state index contributed by atoms with van der Waals surface area (Å²) in [4.78, 5) is 28.1. The van der Waals surface area contributed by atoms with Crippen LogP contribution in [0.5, 0.6) is 0 Å². The lowest BCUT2D eigenvalue weighted by Crippen LogP contribution is -2.38. The Morgan fingerprint density at radius 3 is 2.86 bits per heavy atom. The normalized spacial score (nSPS) is 9.71. The summed E-state index contributed by atoms with van der Waals surface area (Å²) < 4.78 is 4.91. The van der Waals surface area contributed by atoms with Gasteiger partial charge in [-0.05, 0) is 6.07 Å². The van der Waals surface area contributed by atoms with Gasteiger partial charge in [0.15, 0.2) is 0 Å². The summed E-state index contributed by atoms with van der Waals surface area (Å²) in [6.07, 6.45) is 2.74. The quantitative estimate of drug-likeness (QED) is 0.779. The summed E-state index contributed by atoms with van der Waals surface area (Å²) in [5.41, 5.74) is 0.257. The number of hydrogen-bond donors (Lipinski definition) is 2. The Labute approximate surface area is 122 Å². The van der Waals surface area contributed by atoms with Gasteiger partial charge in [-0.2, -0.15) is 5.26 Å². The molecule has 0 aliphatic rings. The molecule has 2 N–H and O–H groups in total. The number of carboxylic acids is 1. The highest BCUT2D eigenvalue weighted by Crippen LogP contribution is 2.09. The van der Waals surface area contributed by atoms with E-state index in [-0.39, 0.29) is 24.2 Å². The second-order valence-electron chi connectivity index (χ2n) is 4.09. The molecule has 0 unspecified atom stereocenters. The Balaban J connectivity index is 2.73. The number of nitrogens with one attached hydrogen (secondary N) is 1. The molecule has 1 aromatic rings. The van der Waals surface area contributed by atoms with E-state index >= 15 is 0 Å². The van der Waals surface area contributed by atoms with Crippen LogP contribution in [-0.2, 0) is 4.74 Å². The first-order valence-corrected chi connectivity index (χ1v) is 6.18. The average molecular weight is 292 g/mol. The SMILES string of the molecule is COCCN(CCC#N)C(=O)Nc1cncc(C(=O)O)c1. The summed E-state index contributed by atoms with van der Waals surface area (Å²) in [6, 6.07) is 2.84. The molecule has 0 bridgehead atoms. The fraction of sp³-hybridized carbons (Fsp3) is 0.385. The van der Waals surface area contributed by atoms with Crippen molar-refractivity contribution >= 4 is 17.7 Å². The van der Waals surface area contributed by atoms with E-state index in [4.69, 9.17) is 15.1 Å². The van der Waals surface area contributed by atoms with Gasteiger partial charge in [-0.25, -0.2) is 9.59 Å². The van der Waals surface area contributed by atoms with Crippen LogP contribution < -0.4 is 5.32 Å². The maximum absolute atomic E-state index is 12.1. The summed E-state index contributed by atoms with van der Waals surface area (Å²) in [7, 11) is 1.51. The number of hydrogen-bond acceptors (Lipinski definition) is 5. The first kappa shape index (κ1) is 16.4. The van der Waals surface area contributed by atoms with Gasteiger partial charge in [0, 0.05) is 26.4 Å². The molecule has 0 aliphatic carbocycles. The number of amides is 2. The van der Waals surface area contributed by atoms with Gasteiger partial charge in [0.25, 0.3) is 0 Å². The minimum absolute atomic E-state index is 0.0201. The van der Waals surface area contributed by atoms with Crippen LogP contribution in [0.15, 0.2) is 18.5 Å². The van der Waals surface area contributed by atoms with E-state index in [1.807, 2.05) is 6.07 Å². The molecule has 2 amide bonds. The third-order valence-corrected chi connectivity index (χ3v) is 2.58. The number of rotatable bonds is 7. The van der Waals surface area contributed by atoms with Crippen molar-refractivity contribution in [3.8, 4) is 6.07 Å². The van der Waals surface area contributed by atoms with Crippen molar-refractivity contribution in [3.05, 3.63) is 24.0 Å². The minimum atomic E-state index is -1.13. The highest BCUT2D eigenvalue weighted by atomic mass is 16.5. The van der Waals surface area contributed by atoms with Crippen molar-refractivity contribution in [3.63, 3.8) is 0 Å². The molecule has 1 heterocycles. The number of ether oxygens (including phenoxy) is 1. The molecule has 0 spiro atoms. The van der Waals surface area contributed by atoms with Gasteiger partial charge < -0.3 is 20.1 Å². The van der Waals surface area contributed by atoms with Crippen LogP contribution in [-0.4, -0.2) is 53.8 Å². The van der Waals surface area contributed by atoms with Gasteiger partial charge in [-0.3, -0.25) is 4.98 Å². The van der Waals surface area contributed by atoms with Crippen molar-refractivity contribution in [2.45, 2.75) is 6.42 Å². The zero-order chi connectivity index (χ0) is 15.7. The van der Waals surface area contributed by atoms with Crippen LogP contribution >= 0.6 is 0 Å². The number of pyridine rings is 1. The number of carbonyl (C=O) groups is 2. The fourth-order valence-electron chi connectivity index (χ4n) is 1.53. The number of methoxy groups -OCH3 is 1. The smallest absolute Gasteiger partial charge is 0.337 e. The molecular weight excluding hydrogens is 276 g/mol. The van der Waals surface area contributed by atoms with E-state index in [1.165, 1.54) is 30.5 Å². The predicted molar refractivity (Wildman–Crippen MR) is 73.9 cm³/mol. The topological polar surface area (TPSA) is 116 Å². The third kappa shape index (κ3) is 5.46. The molecule has 0 saturated carbocycles. The monoisotopic (exact) mass is 292 g/mol. The van der Waals surface area contributed by atoms with Crippen molar-refractivity contribution in [2.24, 2.45) is 0 Å². The van der Waals surface area contributed by atoms with E-state index < -0.39 is 12.0 Å². The molecule has 8 nitrogen and oxygen atoms in total. The molecule has 0 aromatic carbocycles. The number of aromatic carboxylic acids is 1. The highest BCUT2D eigenvalue weighted by Gasteiger charge is 2.14. The largest absolute Gasteiger partial charge is 0.478 e. The number of anilines is 1. The van der Waals surface area contributed by atoms with E-state index in [0.29, 0.717) is 13.2 Å². The molecule has 0 saturated heterocycles. The maximum atomic E-state index is 12.1. The van der Waals surface area contributed by atoms with Crippen LogP contribution in [0.3, 0.4) is 0 Å². The van der Waals surface area contributed by atoms with Crippen molar-refractivity contribution < 1.29 is 19.4 Å². The Morgan fingerprint density at radius 1 is 1.48 bits per heavy atom. The number of carboxylic acid groups (broad SMARTS) is 1. The molecule has 1 aromatic heterocycles. The van der Waals surface area contributed by atoms with Gasteiger partial charge in [0.1, 0.15) is 0 Å². The molecule has 0 aliphatic heterocycles. The second kappa shape index (κ2) is 8.50. The number of aromatic nitrogens is 1. The zero-order valence-electron chi connectivity index (χ0n) is 11.6. The number of carbonyl (C=O) groups excluding carboxylic acids is 1.